The molecule has 0 aliphatic carbocycles. The molecule has 0 unspecified atom stereocenters. The van der Waals surface area contributed by atoms with Crippen molar-refractivity contribution in [2.45, 2.75) is 12.1 Å². The largest absolute Gasteiger partial charge is 0.389 e. The summed E-state index contributed by atoms with van der Waals surface area (Å²) < 4.78 is 5.02. The molecule has 10 heavy (non-hydrogen) atoms. The summed E-state index contributed by atoms with van der Waals surface area (Å²) in [6.45, 7) is 5.35. The summed E-state index contributed by atoms with van der Waals surface area (Å²) in [4.78, 5) is 0. The van der Waals surface area contributed by atoms with Crippen molar-refractivity contribution in [1.82, 2.24) is 5.32 Å². The van der Waals surface area contributed by atoms with Crippen molar-refractivity contribution in [3.05, 3.63) is 12.7 Å². The van der Waals surface area contributed by atoms with Gasteiger partial charge in [0.2, 0.25) is 0 Å². The fraction of sp³-hybridized carbons (Fsp3) is 0.714. The molecule has 2 atom stereocenters. The first kappa shape index (κ1) is 7.72. The second-order valence-corrected chi connectivity index (χ2v) is 2.41. The molecule has 1 aliphatic rings. The van der Waals surface area contributed by atoms with Gasteiger partial charge in [0.15, 0.2) is 0 Å². The molecule has 0 aromatic carbocycles. The van der Waals surface area contributed by atoms with Crippen molar-refractivity contribution < 1.29 is 9.84 Å². The number of hydrogen-bond donors (Lipinski definition) is 2. The van der Waals surface area contributed by atoms with Crippen molar-refractivity contribution in [3.8, 4) is 0 Å². The predicted octanol–water partition coefficient (Wildman–Crippen LogP) is -0.478. The standard InChI is InChI=1S/C7H13NO2/c1-2-3-8-6-4-10-5-7(6)9/h2,6-9H,1,3-5H2/t6-,7-/m0/s1. The average molecular weight is 143 g/mol. The summed E-state index contributed by atoms with van der Waals surface area (Å²) in [5.74, 6) is 0. The average Bonchev–Trinajstić information content (AvgIpc) is 2.31. The van der Waals surface area contributed by atoms with Crippen molar-refractivity contribution in [1.29, 1.82) is 0 Å². The molecule has 3 nitrogen and oxygen atoms in total. The van der Waals surface area contributed by atoms with Gasteiger partial charge in [-0.3, -0.25) is 0 Å². The number of nitrogens with one attached hydrogen (secondary N) is 1. The monoisotopic (exact) mass is 143 g/mol. The quantitative estimate of drug-likeness (QED) is 0.524. The third-order valence-electron chi connectivity index (χ3n) is 1.57. The van der Waals surface area contributed by atoms with Crippen LogP contribution in [0.4, 0.5) is 0 Å². The Morgan fingerprint density at radius 2 is 2.50 bits per heavy atom. The minimum Gasteiger partial charge on any atom is -0.389 e. The molecule has 0 bridgehead atoms. The van der Waals surface area contributed by atoms with Gasteiger partial charge in [-0.05, 0) is 0 Å². The van der Waals surface area contributed by atoms with E-state index in [1.807, 2.05) is 0 Å². The summed E-state index contributed by atoms with van der Waals surface area (Å²) in [7, 11) is 0. The van der Waals surface area contributed by atoms with Gasteiger partial charge in [-0.25, -0.2) is 0 Å². The van der Waals surface area contributed by atoms with Gasteiger partial charge in [0, 0.05) is 6.54 Å². The van der Waals surface area contributed by atoms with Crippen molar-refractivity contribution >= 4 is 0 Å². The second kappa shape index (κ2) is 3.71. The van der Waals surface area contributed by atoms with E-state index in [1.165, 1.54) is 0 Å². The lowest BCUT2D eigenvalue weighted by Crippen LogP contribution is -2.38. The Morgan fingerprint density at radius 1 is 1.70 bits per heavy atom. The maximum absolute atomic E-state index is 9.19. The lowest BCUT2D eigenvalue weighted by atomic mass is 10.2. The van der Waals surface area contributed by atoms with Gasteiger partial charge in [-0.15, -0.1) is 6.58 Å². The van der Waals surface area contributed by atoms with Crippen LogP contribution in [0.5, 0.6) is 0 Å². The molecule has 1 aliphatic heterocycles. The molecule has 1 saturated heterocycles. The van der Waals surface area contributed by atoms with Gasteiger partial charge in [-0.1, -0.05) is 6.08 Å². The highest BCUT2D eigenvalue weighted by atomic mass is 16.5. The molecule has 0 amide bonds. The van der Waals surface area contributed by atoms with E-state index in [0.29, 0.717) is 13.2 Å². The Labute approximate surface area is 60.7 Å². The van der Waals surface area contributed by atoms with Crippen LogP contribution < -0.4 is 5.32 Å². The molecule has 0 saturated carbocycles. The minimum absolute atomic E-state index is 0.0954. The summed E-state index contributed by atoms with van der Waals surface area (Å²) in [5.41, 5.74) is 0. The van der Waals surface area contributed by atoms with Gasteiger partial charge < -0.3 is 15.2 Å². The predicted molar refractivity (Wildman–Crippen MR) is 38.8 cm³/mol. The van der Waals surface area contributed by atoms with Crippen LogP contribution in [0.1, 0.15) is 0 Å². The number of aliphatic hydroxyl groups is 1. The summed E-state index contributed by atoms with van der Waals surface area (Å²) in [6, 6.07) is 0.0954. The molecule has 0 aromatic rings. The fourth-order valence-corrected chi connectivity index (χ4v) is 0.973. The topological polar surface area (TPSA) is 41.5 Å². The molecule has 58 valence electrons. The van der Waals surface area contributed by atoms with Crippen LogP contribution in [0.3, 0.4) is 0 Å². The van der Waals surface area contributed by atoms with Crippen LogP contribution in [-0.2, 0) is 4.74 Å². The third kappa shape index (κ3) is 1.80. The van der Waals surface area contributed by atoms with Gasteiger partial charge in [-0.2, -0.15) is 0 Å². The Kier molecular flexibility index (Phi) is 2.86. The third-order valence-corrected chi connectivity index (χ3v) is 1.57. The van der Waals surface area contributed by atoms with Crippen LogP contribution in [0.15, 0.2) is 12.7 Å². The van der Waals surface area contributed by atoms with E-state index < -0.39 is 0 Å². The Balaban J connectivity index is 2.19. The fourth-order valence-electron chi connectivity index (χ4n) is 0.973. The zero-order valence-corrected chi connectivity index (χ0v) is 5.92. The highest BCUT2D eigenvalue weighted by Crippen LogP contribution is 2.03. The summed E-state index contributed by atoms with van der Waals surface area (Å²) >= 11 is 0. The molecular formula is C7H13NO2. The maximum Gasteiger partial charge on any atom is 0.0948 e. The summed E-state index contributed by atoms with van der Waals surface area (Å²) in [6.07, 6.45) is 1.42. The maximum atomic E-state index is 9.19. The van der Waals surface area contributed by atoms with Crippen LogP contribution in [0, 0.1) is 0 Å². The summed E-state index contributed by atoms with van der Waals surface area (Å²) in [5, 5.41) is 12.3. The van der Waals surface area contributed by atoms with Crippen LogP contribution in [0.2, 0.25) is 0 Å². The van der Waals surface area contributed by atoms with E-state index >= 15 is 0 Å². The molecule has 0 aromatic heterocycles. The van der Waals surface area contributed by atoms with E-state index in [2.05, 4.69) is 11.9 Å². The number of ether oxygens (including phenoxy) is 1. The van der Waals surface area contributed by atoms with Crippen molar-refractivity contribution in [2.24, 2.45) is 0 Å². The highest BCUT2D eigenvalue weighted by molar-refractivity contribution is 4.83. The lowest BCUT2D eigenvalue weighted by Gasteiger charge is -2.11. The zero-order valence-electron chi connectivity index (χ0n) is 5.92. The number of rotatable bonds is 3. The SMILES string of the molecule is C=CCN[C@H]1COC[C@@H]1O. The minimum atomic E-state index is -0.347. The molecule has 0 radical (unpaired) electrons. The first-order valence-corrected chi connectivity index (χ1v) is 3.44. The van der Waals surface area contributed by atoms with Gasteiger partial charge in [0.05, 0.1) is 25.4 Å². The van der Waals surface area contributed by atoms with Gasteiger partial charge in [0.1, 0.15) is 0 Å². The van der Waals surface area contributed by atoms with E-state index in [-0.39, 0.29) is 12.1 Å². The first-order chi connectivity index (χ1) is 4.84. The first-order valence-electron chi connectivity index (χ1n) is 3.44. The van der Waals surface area contributed by atoms with E-state index in [9.17, 15) is 5.11 Å². The van der Waals surface area contributed by atoms with Crippen molar-refractivity contribution in [3.63, 3.8) is 0 Å². The van der Waals surface area contributed by atoms with E-state index in [4.69, 9.17) is 4.74 Å². The van der Waals surface area contributed by atoms with E-state index in [1.54, 1.807) is 6.08 Å². The molecular weight excluding hydrogens is 130 g/mol. The smallest absolute Gasteiger partial charge is 0.0948 e. The van der Waals surface area contributed by atoms with Crippen LogP contribution in [0.25, 0.3) is 0 Å². The van der Waals surface area contributed by atoms with Gasteiger partial charge >= 0.3 is 0 Å². The Hall–Kier alpha value is -0.380. The van der Waals surface area contributed by atoms with Crippen LogP contribution in [-0.4, -0.2) is 37.0 Å². The second-order valence-electron chi connectivity index (χ2n) is 2.41. The molecule has 1 rings (SSSR count). The number of aliphatic hydroxyl groups excluding tert-OH is 1. The zero-order chi connectivity index (χ0) is 7.40. The molecule has 2 N–H and O–H groups in total. The highest BCUT2D eigenvalue weighted by Gasteiger charge is 2.24. The molecule has 0 spiro atoms. The molecule has 1 fully saturated rings. The van der Waals surface area contributed by atoms with Crippen molar-refractivity contribution in [2.75, 3.05) is 19.8 Å². The van der Waals surface area contributed by atoms with Crippen LogP contribution >= 0.6 is 0 Å². The lowest BCUT2D eigenvalue weighted by molar-refractivity contribution is 0.122. The number of hydrogen-bond acceptors (Lipinski definition) is 3. The Bertz CT molecular complexity index is 116. The normalized spacial score (nSPS) is 32.5. The molecule has 1 heterocycles. The molecule has 3 heteroatoms. The van der Waals surface area contributed by atoms with Gasteiger partial charge in [0.25, 0.3) is 0 Å². The van der Waals surface area contributed by atoms with E-state index in [0.717, 1.165) is 6.54 Å². The Morgan fingerprint density at radius 3 is 3.00 bits per heavy atom.